The van der Waals surface area contributed by atoms with Gasteiger partial charge in [0, 0.05) is 56.6 Å². The van der Waals surface area contributed by atoms with E-state index in [1.807, 2.05) is 13.0 Å². The quantitative estimate of drug-likeness (QED) is 0.407. The number of fused-ring (bicyclic) bond motifs is 1. The number of nitrogens with one attached hydrogen (secondary N) is 1. The molecule has 36 heavy (non-hydrogen) atoms. The van der Waals surface area contributed by atoms with Gasteiger partial charge in [0.25, 0.3) is 15.9 Å². The number of morpholine rings is 1. The molecule has 1 amide bonds. The summed E-state index contributed by atoms with van der Waals surface area (Å²) in [6.07, 6.45) is 3.11. The van der Waals surface area contributed by atoms with Crippen LogP contribution in [0.3, 0.4) is 0 Å². The first-order valence-corrected chi connectivity index (χ1v) is 13.2. The van der Waals surface area contributed by atoms with Crippen molar-refractivity contribution in [2.24, 2.45) is 7.05 Å². The Morgan fingerprint density at radius 1 is 1.14 bits per heavy atom. The largest absolute Gasteiger partial charge is 0.379 e. The van der Waals surface area contributed by atoms with Crippen molar-refractivity contribution in [1.82, 2.24) is 29.0 Å². The molecular formula is C25H28N6O4S. The number of amides is 1. The molecule has 10 nitrogen and oxygen atoms in total. The lowest BCUT2D eigenvalue weighted by molar-refractivity contribution is 0.0383. The molecule has 1 N–H and O–H groups in total. The Morgan fingerprint density at radius 3 is 2.64 bits per heavy atom. The molecule has 0 spiro atoms. The number of carbonyl (C=O) groups is 1. The molecule has 188 valence electrons. The van der Waals surface area contributed by atoms with Gasteiger partial charge in [-0.3, -0.25) is 14.4 Å². The first-order valence-electron chi connectivity index (χ1n) is 11.8. The first-order chi connectivity index (χ1) is 17.3. The van der Waals surface area contributed by atoms with Crippen LogP contribution in [0.4, 0.5) is 0 Å². The van der Waals surface area contributed by atoms with E-state index in [9.17, 15) is 13.2 Å². The Morgan fingerprint density at radius 2 is 1.89 bits per heavy atom. The highest BCUT2D eigenvalue weighted by Gasteiger charge is 2.24. The van der Waals surface area contributed by atoms with Crippen molar-refractivity contribution in [3.8, 4) is 11.3 Å². The van der Waals surface area contributed by atoms with Crippen molar-refractivity contribution in [3.05, 3.63) is 66.1 Å². The van der Waals surface area contributed by atoms with Gasteiger partial charge in [-0.25, -0.2) is 17.4 Å². The van der Waals surface area contributed by atoms with Crippen LogP contribution in [0.25, 0.3) is 22.3 Å². The summed E-state index contributed by atoms with van der Waals surface area (Å²) in [6, 6.07) is 11.9. The molecule has 0 unspecified atom stereocenters. The Kier molecular flexibility index (Phi) is 6.61. The zero-order valence-electron chi connectivity index (χ0n) is 20.2. The smallest absolute Gasteiger partial charge is 0.271 e. The number of hydrogen-bond donors (Lipinski definition) is 1. The first kappa shape index (κ1) is 24.2. The highest BCUT2D eigenvalue weighted by Crippen LogP contribution is 2.32. The summed E-state index contributed by atoms with van der Waals surface area (Å²) in [5.74, 6) is -0.278. The molecule has 5 rings (SSSR count). The minimum absolute atomic E-state index is 0.174. The number of pyridine rings is 1. The maximum Gasteiger partial charge on any atom is 0.271 e. The number of aryl methyl sites for hydroxylation is 2. The second kappa shape index (κ2) is 9.84. The average Bonchev–Trinajstić information content (AvgIpc) is 3.46. The van der Waals surface area contributed by atoms with Gasteiger partial charge in [-0.15, -0.1) is 0 Å². The Labute approximate surface area is 209 Å². The SMILES string of the molecule is Cc1ccc(S(=O)(=O)n2cc(-c3cc(C(=O)NCCN4CCOCC4)nn3C)c3cccnc32)cc1. The van der Waals surface area contributed by atoms with Crippen LogP contribution in [0.15, 0.2) is 59.8 Å². The fourth-order valence-corrected chi connectivity index (χ4v) is 5.64. The third-order valence-electron chi connectivity index (χ3n) is 6.32. The van der Waals surface area contributed by atoms with E-state index >= 15 is 0 Å². The zero-order valence-corrected chi connectivity index (χ0v) is 21.0. The van der Waals surface area contributed by atoms with Crippen LogP contribution in [0, 0.1) is 6.92 Å². The maximum absolute atomic E-state index is 13.5. The molecule has 0 aliphatic carbocycles. The molecule has 11 heteroatoms. The van der Waals surface area contributed by atoms with E-state index in [1.54, 1.807) is 60.5 Å². The van der Waals surface area contributed by atoms with Crippen LogP contribution < -0.4 is 5.32 Å². The second-order valence-electron chi connectivity index (χ2n) is 8.78. The van der Waals surface area contributed by atoms with Gasteiger partial charge >= 0.3 is 0 Å². The molecule has 0 radical (unpaired) electrons. The van der Waals surface area contributed by atoms with Crippen molar-refractivity contribution < 1.29 is 17.9 Å². The molecule has 4 heterocycles. The zero-order chi connectivity index (χ0) is 25.3. The maximum atomic E-state index is 13.5. The number of carbonyl (C=O) groups excluding carboxylic acids is 1. The van der Waals surface area contributed by atoms with Crippen molar-refractivity contribution in [3.63, 3.8) is 0 Å². The highest BCUT2D eigenvalue weighted by atomic mass is 32.2. The average molecular weight is 509 g/mol. The van der Waals surface area contributed by atoms with Gasteiger partial charge in [0.2, 0.25) is 0 Å². The van der Waals surface area contributed by atoms with Crippen LogP contribution in [0.1, 0.15) is 16.1 Å². The van der Waals surface area contributed by atoms with Crippen LogP contribution in [0.5, 0.6) is 0 Å². The molecule has 4 aromatic rings. The molecule has 0 bridgehead atoms. The van der Waals surface area contributed by atoms with Gasteiger partial charge in [-0.2, -0.15) is 5.10 Å². The van der Waals surface area contributed by atoms with Crippen molar-refractivity contribution in [1.29, 1.82) is 0 Å². The second-order valence-corrected chi connectivity index (χ2v) is 10.6. The van der Waals surface area contributed by atoms with Gasteiger partial charge in [0.1, 0.15) is 0 Å². The number of aromatic nitrogens is 4. The van der Waals surface area contributed by atoms with Crippen LogP contribution >= 0.6 is 0 Å². The molecule has 1 aromatic carbocycles. The van der Waals surface area contributed by atoms with Gasteiger partial charge in [0.05, 0.1) is 23.8 Å². The predicted octanol–water partition coefficient (Wildman–Crippen LogP) is 2.04. The lowest BCUT2D eigenvalue weighted by atomic mass is 10.1. The lowest BCUT2D eigenvalue weighted by Crippen LogP contribution is -2.41. The minimum atomic E-state index is -3.88. The van der Waals surface area contributed by atoms with Crippen molar-refractivity contribution in [2.75, 3.05) is 39.4 Å². The summed E-state index contributed by atoms with van der Waals surface area (Å²) < 4.78 is 35.1. The van der Waals surface area contributed by atoms with Gasteiger partial charge in [-0.1, -0.05) is 17.7 Å². The number of nitrogens with zero attached hydrogens (tertiary/aromatic N) is 5. The van der Waals surface area contributed by atoms with Crippen LogP contribution in [0.2, 0.25) is 0 Å². The fraction of sp³-hybridized carbons (Fsp3) is 0.320. The topological polar surface area (TPSA) is 111 Å². The number of hydrogen-bond acceptors (Lipinski definition) is 7. The molecule has 0 atom stereocenters. The molecule has 1 aliphatic rings. The normalized spacial score (nSPS) is 14.8. The van der Waals surface area contributed by atoms with Crippen molar-refractivity contribution >= 4 is 27.0 Å². The van der Waals surface area contributed by atoms with E-state index in [4.69, 9.17) is 4.74 Å². The standard InChI is InChI=1S/C25H28N6O4S/c1-18-5-7-19(8-6-18)36(33,34)31-17-21(20-4-3-9-26-24(20)31)23-16-22(28-29(23)2)25(32)27-10-11-30-12-14-35-15-13-30/h3-9,16-17H,10-15H2,1-2H3,(H,27,32). The summed E-state index contributed by atoms with van der Waals surface area (Å²) in [5.41, 5.74) is 2.78. The molecule has 3 aromatic heterocycles. The Bertz CT molecular complexity index is 1500. The predicted molar refractivity (Wildman–Crippen MR) is 135 cm³/mol. The van der Waals surface area contributed by atoms with Gasteiger partial charge in [-0.05, 0) is 37.3 Å². The van der Waals surface area contributed by atoms with E-state index < -0.39 is 10.0 Å². The Balaban J connectivity index is 1.44. The Hall–Kier alpha value is -3.54. The van der Waals surface area contributed by atoms with E-state index in [0.717, 1.165) is 25.2 Å². The van der Waals surface area contributed by atoms with E-state index in [1.165, 1.54) is 3.97 Å². The molecule has 1 fully saturated rings. The monoisotopic (exact) mass is 508 g/mol. The number of benzene rings is 1. The summed E-state index contributed by atoms with van der Waals surface area (Å²) in [6.45, 7) is 6.27. The van der Waals surface area contributed by atoms with Gasteiger partial charge in [0.15, 0.2) is 11.3 Å². The third kappa shape index (κ3) is 4.64. The van der Waals surface area contributed by atoms with Crippen molar-refractivity contribution in [2.45, 2.75) is 11.8 Å². The molecule has 0 saturated carbocycles. The third-order valence-corrected chi connectivity index (χ3v) is 7.98. The number of rotatable bonds is 7. The van der Waals surface area contributed by atoms with Crippen LogP contribution in [-0.4, -0.2) is 77.4 Å². The summed E-state index contributed by atoms with van der Waals surface area (Å²) in [7, 11) is -2.15. The minimum Gasteiger partial charge on any atom is -0.379 e. The molecule has 1 aliphatic heterocycles. The van der Waals surface area contributed by atoms with E-state index in [2.05, 4.69) is 20.3 Å². The summed E-state index contributed by atoms with van der Waals surface area (Å²) in [4.78, 5) is 19.5. The van der Waals surface area contributed by atoms with E-state index in [0.29, 0.717) is 42.0 Å². The fourth-order valence-electron chi connectivity index (χ4n) is 4.32. The number of ether oxygens (including phenoxy) is 1. The molecule has 1 saturated heterocycles. The van der Waals surface area contributed by atoms with Gasteiger partial charge < -0.3 is 10.1 Å². The lowest BCUT2D eigenvalue weighted by Gasteiger charge is -2.26. The summed E-state index contributed by atoms with van der Waals surface area (Å²) >= 11 is 0. The summed E-state index contributed by atoms with van der Waals surface area (Å²) in [5, 5.41) is 7.96. The highest BCUT2D eigenvalue weighted by molar-refractivity contribution is 7.90. The molecular weight excluding hydrogens is 480 g/mol. The van der Waals surface area contributed by atoms with E-state index in [-0.39, 0.29) is 16.5 Å². The van der Waals surface area contributed by atoms with Crippen LogP contribution in [-0.2, 0) is 21.8 Å².